The number of carbonyl (C=O) groups is 1. The van der Waals surface area contributed by atoms with Gasteiger partial charge in [0.1, 0.15) is 18.6 Å². The molecule has 0 aliphatic carbocycles. The Kier molecular flexibility index (Phi) is 4.67. The van der Waals surface area contributed by atoms with Crippen molar-refractivity contribution in [2.45, 2.75) is 39.4 Å². The highest BCUT2D eigenvalue weighted by Crippen LogP contribution is 2.31. The minimum absolute atomic E-state index is 0.0268. The van der Waals surface area contributed by atoms with Crippen molar-refractivity contribution in [2.24, 2.45) is 0 Å². The fraction of sp³-hybridized carbons (Fsp3) is 0.316. The minimum Gasteiger partial charge on any atom is -0.435 e. The SMILES string of the molecule is CC(C)(C)[N+](Cc1ccccc1)(Cc1ccccc1)C(=O)O. The highest BCUT2D eigenvalue weighted by Gasteiger charge is 2.47. The highest BCUT2D eigenvalue weighted by atomic mass is 16.4. The monoisotopic (exact) mass is 298 g/mol. The van der Waals surface area contributed by atoms with E-state index in [4.69, 9.17) is 0 Å². The Morgan fingerprint density at radius 3 is 1.50 bits per heavy atom. The molecule has 0 heterocycles. The van der Waals surface area contributed by atoms with Crippen molar-refractivity contribution >= 4 is 6.09 Å². The standard InChI is InChI=1S/C19H23NO2/c1-19(2,3)20(18(21)22,14-16-10-6-4-7-11-16)15-17-12-8-5-9-13-17/h4-13H,14-15H2,1-3H3/p+1. The molecule has 0 atom stereocenters. The molecular formula is C19H24NO2+. The van der Waals surface area contributed by atoms with Gasteiger partial charge in [0.05, 0.1) is 0 Å². The summed E-state index contributed by atoms with van der Waals surface area (Å²) in [5.41, 5.74) is 1.66. The normalized spacial score (nSPS) is 12.1. The summed E-state index contributed by atoms with van der Waals surface area (Å²) in [6.07, 6.45) is -0.791. The van der Waals surface area contributed by atoms with Crippen LogP contribution in [0.5, 0.6) is 0 Å². The molecule has 0 saturated heterocycles. The lowest BCUT2D eigenvalue weighted by Gasteiger charge is -2.43. The van der Waals surface area contributed by atoms with Crippen LogP contribution in [0.3, 0.4) is 0 Å². The number of hydrogen-bond donors (Lipinski definition) is 1. The third-order valence-electron chi connectivity index (χ3n) is 4.24. The third-order valence-corrected chi connectivity index (χ3v) is 4.24. The highest BCUT2D eigenvalue weighted by molar-refractivity contribution is 5.57. The van der Waals surface area contributed by atoms with E-state index in [1.807, 2.05) is 81.4 Å². The number of nitrogens with zero attached hydrogens (tertiary/aromatic N) is 1. The summed E-state index contributed by atoms with van der Waals surface area (Å²) < 4.78 is -0.0268. The van der Waals surface area contributed by atoms with Crippen LogP contribution in [0.1, 0.15) is 31.9 Å². The Balaban J connectivity index is 2.45. The molecule has 0 aromatic heterocycles. The van der Waals surface area contributed by atoms with Gasteiger partial charge in [0.15, 0.2) is 0 Å². The lowest BCUT2D eigenvalue weighted by atomic mass is 9.98. The number of carboxylic acid groups (broad SMARTS) is 1. The molecule has 116 valence electrons. The molecule has 22 heavy (non-hydrogen) atoms. The summed E-state index contributed by atoms with van der Waals surface area (Å²) >= 11 is 0. The van der Waals surface area contributed by atoms with Gasteiger partial charge in [0.25, 0.3) is 0 Å². The first kappa shape index (κ1) is 16.2. The van der Waals surface area contributed by atoms with Gasteiger partial charge in [0, 0.05) is 11.1 Å². The molecule has 2 aromatic carbocycles. The van der Waals surface area contributed by atoms with Crippen LogP contribution in [0.15, 0.2) is 60.7 Å². The molecule has 0 saturated carbocycles. The van der Waals surface area contributed by atoms with Crippen LogP contribution in [-0.2, 0) is 13.1 Å². The van der Waals surface area contributed by atoms with Crippen molar-refractivity contribution in [2.75, 3.05) is 0 Å². The van der Waals surface area contributed by atoms with E-state index in [0.717, 1.165) is 11.1 Å². The van der Waals surface area contributed by atoms with Gasteiger partial charge in [-0.15, -0.1) is 0 Å². The van der Waals surface area contributed by atoms with Crippen molar-refractivity contribution in [1.82, 2.24) is 0 Å². The van der Waals surface area contributed by atoms with Gasteiger partial charge in [-0.05, 0) is 20.8 Å². The van der Waals surface area contributed by atoms with Gasteiger partial charge in [-0.3, -0.25) is 0 Å². The Bertz CT molecular complexity index is 573. The van der Waals surface area contributed by atoms with Gasteiger partial charge < -0.3 is 5.11 Å². The predicted molar refractivity (Wildman–Crippen MR) is 88.3 cm³/mol. The summed E-state index contributed by atoms with van der Waals surface area (Å²) in [5, 5.41) is 10.1. The van der Waals surface area contributed by atoms with Gasteiger partial charge in [0.2, 0.25) is 0 Å². The molecule has 3 nitrogen and oxygen atoms in total. The van der Waals surface area contributed by atoms with E-state index >= 15 is 0 Å². The van der Waals surface area contributed by atoms with Crippen molar-refractivity contribution in [3.8, 4) is 0 Å². The predicted octanol–water partition coefficient (Wildman–Crippen LogP) is 4.68. The molecule has 0 radical (unpaired) electrons. The van der Waals surface area contributed by atoms with Crippen LogP contribution in [0.4, 0.5) is 4.79 Å². The second-order valence-corrected chi connectivity index (χ2v) is 6.71. The maximum absolute atomic E-state index is 12.2. The Labute approximate surface area is 132 Å². The van der Waals surface area contributed by atoms with E-state index in [-0.39, 0.29) is 4.48 Å². The number of amides is 1. The summed E-state index contributed by atoms with van der Waals surface area (Å²) in [6.45, 7) is 6.91. The van der Waals surface area contributed by atoms with E-state index in [2.05, 4.69) is 0 Å². The van der Waals surface area contributed by atoms with Gasteiger partial charge in [-0.25, -0.2) is 4.48 Å². The maximum atomic E-state index is 12.2. The van der Waals surface area contributed by atoms with Crippen LogP contribution >= 0.6 is 0 Å². The molecule has 2 rings (SSSR count). The lowest BCUT2D eigenvalue weighted by molar-refractivity contribution is -0.928. The van der Waals surface area contributed by atoms with Crippen LogP contribution in [-0.4, -0.2) is 21.2 Å². The largest absolute Gasteiger partial charge is 0.514 e. The summed E-state index contributed by atoms with van der Waals surface area (Å²) in [4.78, 5) is 12.2. The van der Waals surface area contributed by atoms with Crippen LogP contribution in [0.25, 0.3) is 0 Å². The van der Waals surface area contributed by atoms with E-state index in [1.165, 1.54) is 0 Å². The Morgan fingerprint density at radius 2 is 1.23 bits per heavy atom. The summed E-state index contributed by atoms with van der Waals surface area (Å²) in [6, 6.07) is 19.7. The fourth-order valence-corrected chi connectivity index (χ4v) is 2.74. The van der Waals surface area contributed by atoms with E-state index in [0.29, 0.717) is 13.1 Å². The molecule has 1 amide bonds. The van der Waals surface area contributed by atoms with Crippen molar-refractivity contribution in [3.63, 3.8) is 0 Å². The second kappa shape index (κ2) is 6.32. The third kappa shape index (κ3) is 3.37. The molecular weight excluding hydrogens is 274 g/mol. The first-order chi connectivity index (χ1) is 10.3. The molecule has 1 N–H and O–H groups in total. The summed E-state index contributed by atoms with van der Waals surface area (Å²) in [7, 11) is 0. The average molecular weight is 298 g/mol. The smallest absolute Gasteiger partial charge is 0.435 e. The summed E-state index contributed by atoms with van der Waals surface area (Å²) in [5.74, 6) is 0. The molecule has 0 aliphatic rings. The number of benzene rings is 2. The quantitative estimate of drug-likeness (QED) is 0.832. The lowest BCUT2D eigenvalue weighted by Crippen LogP contribution is -2.61. The van der Waals surface area contributed by atoms with E-state index in [9.17, 15) is 9.90 Å². The number of rotatable bonds is 4. The van der Waals surface area contributed by atoms with Crippen LogP contribution in [0, 0.1) is 0 Å². The van der Waals surface area contributed by atoms with E-state index in [1.54, 1.807) is 0 Å². The first-order valence-electron chi connectivity index (χ1n) is 7.54. The van der Waals surface area contributed by atoms with Crippen molar-refractivity contribution < 1.29 is 14.4 Å². The molecule has 0 bridgehead atoms. The number of hydrogen-bond acceptors (Lipinski definition) is 1. The van der Waals surface area contributed by atoms with Gasteiger partial charge in [-0.2, -0.15) is 4.79 Å². The zero-order valence-corrected chi connectivity index (χ0v) is 13.5. The molecule has 0 aliphatic heterocycles. The Hall–Kier alpha value is -2.13. The molecule has 0 fully saturated rings. The topological polar surface area (TPSA) is 37.3 Å². The number of quaternary nitrogens is 1. The minimum atomic E-state index is -0.791. The maximum Gasteiger partial charge on any atom is 0.514 e. The Morgan fingerprint density at radius 1 is 0.864 bits per heavy atom. The second-order valence-electron chi connectivity index (χ2n) is 6.71. The average Bonchev–Trinajstić information content (AvgIpc) is 2.47. The molecule has 3 heteroatoms. The molecule has 2 aromatic rings. The van der Waals surface area contributed by atoms with Crippen molar-refractivity contribution in [1.29, 1.82) is 0 Å². The van der Waals surface area contributed by atoms with E-state index < -0.39 is 11.6 Å². The zero-order chi connectivity index (χ0) is 16.2. The zero-order valence-electron chi connectivity index (χ0n) is 13.5. The van der Waals surface area contributed by atoms with Crippen LogP contribution in [0.2, 0.25) is 0 Å². The fourth-order valence-electron chi connectivity index (χ4n) is 2.74. The van der Waals surface area contributed by atoms with Gasteiger partial charge >= 0.3 is 6.09 Å². The van der Waals surface area contributed by atoms with Gasteiger partial charge in [-0.1, -0.05) is 60.7 Å². The first-order valence-corrected chi connectivity index (χ1v) is 7.54. The molecule has 0 spiro atoms. The van der Waals surface area contributed by atoms with Crippen molar-refractivity contribution in [3.05, 3.63) is 71.8 Å². The van der Waals surface area contributed by atoms with Crippen LogP contribution < -0.4 is 0 Å². The molecule has 0 unspecified atom stereocenters.